The Morgan fingerprint density at radius 2 is 2.16 bits per heavy atom. The van der Waals surface area contributed by atoms with Gasteiger partial charge in [-0.2, -0.15) is 0 Å². The van der Waals surface area contributed by atoms with Gasteiger partial charge >= 0.3 is 12.5 Å². The molecule has 1 aromatic rings. The highest BCUT2D eigenvalue weighted by molar-refractivity contribution is 5.70. The zero-order chi connectivity index (χ0) is 14.0. The summed E-state index contributed by atoms with van der Waals surface area (Å²) in [4.78, 5) is 11.0. The van der Waals surface area contributed by atoms with Crippen LogP contribution in [0.2, 0.25) is 0 Å². The smallest absolute Gasteiger partial charge is 0.496 e. The van der Waals surface area contributed by atoms with Crippen LogP contribution in [0.15, 0.2) is 18.2 Å². The second-order valence-electron chi connectivity index (χ2n) is 3.75. The molecule has 0 radical (unpaired) electrons. The van der Waals surface area contributed by atoms with E-state index >= 15 is 0 Å². The van der Waals surface area contributed by atoms with Gasteiger partial charge in [0.25, 0.3) is 0 Å². The third kappa shape index (κ3) is 3.21. The van der Waals surface area contributed by atoms with Crippen LogP contribution in [0.25, 0.3) is 0 Å². The number of halogens is 3. The van der Waals surface area contributed by atoms with Crippen LogP contribution in [0, 0.1) is 0 Å². The van der Waals surface area contributed by atoms with Gasteiger partial charge in [-0.25, -0.2) is 4.79 Å². The molecule has 1 fully saturated rings. The van der Waals surface area contributed by atoms with Crippen molar-refractivity contribution in [3.05, 3.63) is 23.8 Å². The van der Waals surface area contributed by atoms with Gasteiger partial charge in [0.15, 0.2) is 0 Å². The van der Waals surface area contributed by atoms with Crippen molar-refractivity contribution in [3.63, 3.8) is 0 Å². The average Bonchev–Trinajstić information content (AvgIpc) is 2.73. The fourth-order valence-corrected chi connectivity index (χ4v) is 1.73. The number of benzene rings is 1. The first kappa shape index (κ1) is 13.3. The van der Waals surface area contributed by atoms with E-state index in [2.05, 4.69) is 10.1 Å². The van der Waals surface area contributed by atoms with Crippen LogP contribution < -0.4 is 14.8 Å². The van der Waals surface area contributed by atoms with Crippen molar-refractivity contribution in [2.75, 3.05) is 13.7 Å². The highest BCUT2D eigenvalue weighted by atomic mass is 19.4. The maximum atomic E-state index is 12.1. The molecule has 0 aliphatic carbocycles. The highest BCUT2D eigenvalue weighted by Crippen LogP contribution is 2.33. The van der Waals surface area contributed by atoms with Crippen LogP contribution in [-0.4, -0.2) is 26.2 Å². The molecule has 0 saturated carbocycles. The van der Waals surface area contributed by atoms with Crippen LogP contribution in [0.1, 0.15) is 11.6 Å². The molecule has 2 rings (SSSR count). The van der Waals surface area contributed by atoms with Gasteiger partial charge in [0.05, 0.1) is 13.2 Å². The molecule has 1 amide bonds. The molecule has 104 valence electrons. The van der Waals surface area contributed by atoms with E-state index < -0.39 is 18.5 Å². The number of cyclic esters (lactones) is 1. The summed E-state index contributed by atoms with van der Waals surface area (Å²) in [5.41, 5.74) is 0.357. The standard InChI is InChI=1S/C11H10F3NO4/c1-17-9-3-2-6(19-11(12,13)14)4-7(9)8-5-18-10(16)15-8/h2-4,8H,5H2,1H3,(H,15,16)/t8-/m1/s1. The van der Waals surface area contributed by atoms with Crippen molar-refractivity contribution in [3.8, 4) is 11.5 Å². The lowest BCUT2D eigenvalue weighted by Gasteiger charge is -2.15. The van der Waals surface area contributed by atoms with Gasteiger partial charge in [-0.1, -0.05) is 0 Å². The van der Waals surface area contributed by atoms with Crippen molar-refractivity contribution in [2.45, 2.75) is 12.4 Å². The van der Waals surface area contributed by atoms with Crippen LogP contribution in [0.5, 0.6) is 11.5 Å². The molecule has 0 unspecified atom stereocenters. The number of ether oxygens (including phenoxy) is 3. The number of nitrogens with one attached hydrogen (secondary N) is 1. The number of carbonyl (C=O) groups is 1. The maximum Gasteiger partial charge on any atom is 0.573 e. The van der Waals surface area contributed by atoms with Gasteiger partial charge in [0, 0.05) is 5.56 Å². The van der Waals surface area contributed by atoms with Crippen LogP contribution in [0.3, 0.4) is 0 Å². The van der Waals surface area contributed by atoms with Crippen molar-refractivity contribution in [2.24, 2.45) is 0 Å². The van der Waals surface area contributed by atoms with E-state index in [0.29, 0.717) is 11.3 Å². The monoisotopic (exact) mass is 277 g/mol. The molecule has 1 atom stereocenters. The van der Waals surface area contributed by atoms with E-state index in [-0.39, 0.29) is 12.4 Å². The number of methoxy groups -OCH3 is 1. The molecule has 5 nitrogen and oxygen atoms in total. The number of alkyl halides is 3. The predicted octanol–water partition coefficient (Wildman–Crippen LogP) is 2.37. The largest absolute Gasteiger partial charge is 0.573 e. The number of rotatable bonds is 3. The SMILES string of the molecule is COc1ccc(OC(F)(F)F)cc1[C@H]1COC(=O)N1. The minimum Gasteiger partial charge on any atom is -0.496 e. The average molecular weight is 277 g/mol. The number of alkyl carbamates (subject to hydrolysis) is 1. The predicted molar refractivity (Wildman–Crippen MR) is 56.9 cm³/mol. The molecular weight excluding hydrogens is 267 g/mol. The Morgan fingerprint density at radius 3 is 2.68 bits per heavy atom. The zero-order valence-corrected chi connectivity index (χ0v) is 9.78. The van der Waals surface area contributed by atoms with Crippen molar-refractivity contribution < 1.29 is 32.2 Å². The fraction of sp³-hybridized carbons (Fsp3) is 0.364. The Kier molecular flexibility index (Phi) is 3.41. The molecule has 1 saturated heterocycles. The van der Waals surface area contributed by atoms with Gasteiger partial charge in [0.1, 0.15) is 18.1 Å². The van der Waals surface area contributed by atoms with Crippen molar-refractivity contribution >= 4 is 6.09 Å². The molecule has 1 aromatic carbocycles. The van der Waals surface area contributed by atoms with Gasteiger partial charge < -0.3 is 19.5 Å². The molecular formula is C11H10F3NO4. The van der Waals surface area contributed by atoms with Crippen LogP contribution in [0.4, 0.5) is 18.0 Å². The summed E-state index contributed by atoms with van der Waals surface area (Å²) in [5.74, 6) is -0.0465. The van der Waals surface area contributed by atoms with Gasteiger partial charge in [0.2, 0.25) is 0 Å². The molecule has 0 spiro atoms. The van der Waals surface area contributed by atoms with Gasteiger partial charge in [-0.3, -0.25) is 0 Å². The minimum absolute atomic E-state index is 0.0185. The molecule has 1 aliphatic rings. The summed E-state index contributed by atoms with van der Waals surface area (Å²) in [6, 6.07) is 3.06. The highest BCUT2D eigenvalue weighted by Gasteiger charge is 2.32. The third-order valence-corrected chi connectivity index (χ3v) is 2.48. The van der Waals surface area contributed by atoms with E-state index in [1.165, 1.54) is 13.2 Å². The molecule has 1 aliphatic heterocycles. The lowest BCUT2D eigenvalue weighted by Crippen LogP contribution is -2.20. The Bertz CT molecular complexity index is 489. The molecule has 0 bridgehead atoms. The zero-order valence-electron chi connectivity index (χ0n) is 9.78. The minimum atomic E-state index is -4.78. The first-order valence-corrected chi connectivity index (χ1v) is 5.26. The van der Waals surface area contributed by atoms with E-state index in [0.717, 1.165) is 12.1 Å². The Labute approximate surface area is 106 Å². The topological polar surface area (TPSA) is 56.8 Å². The summed E-state index contributed by atoms with van der Waals surface area (Å²) in [6.07, 6.45) is -5.41. The Hall–Kier alpha value is -2.12. The molecule has 19 heavy (non-hydrogen) atoms. The van der Waals surface area contributed by atoms with Gasteiger partial charge in [-0.05, 0) is 18.2 Å². The molecule has 1 heterocycles. The maximum absolute atomic E-state index is 12.1. The van der Waals surface area contributed by atoms with E-state index in [1.54, 1.807) is 0 Å². The van der Waals surface area contributed by atoms with Crippen LogP contribution >= 0.6 is 0 Å². The number of amides is 1. The second kappa shape index (κ2) is 4.87. The second-order valence-corrected chi connectivity index (χ2v) is 3.75. The number of carbonyl (C=O) groups excluding carboxylic acids is 1. The van der Waals surface area contributed by atoms with Gasteiger partial charge in [-0.15, -0.1) is 13.2 Å². The summed E-state index contributed by atoms with van der Waals surface area (Å²) in [7, 11) is 1.38. The van der Waals surface area contributed by atoms with E-state index in [1.807, 2.05) is 0 Å². The third-order valence-electron chi connectivity index (χ3n) is 2.48. The number of hydrogen-bond acceptors (Lipinski definition) is 4. The fourth-order valence-electron chi connectivity index (χ4n) is 1.73. The molecule has 1 N–H and O–H groups in total. The summed E-state index contributed by atoms with van der Waals surface area (Å²) in [6.45, 7) is 0.0185. The first-order chi connectivity index (χ1) is 8.89. The Morgan fingerprint density at radius 1 is 1.42 bits per heavy atom. The molecule has 8 heteroatoms. The van der Waals surface area contributed by atoms with E-state index in [9.17, 15) is 18.0 Å². The van der Waals surface area contributed by atoms with Crippen LogP contribution in [-0.2, 0) is 4.74 Å². The Balaban J connectivity index is 2.29. The lowest BCUT2D eigenvalue weighted by molar-refractivity contribution is -0.274. The molecule has 0 aromatic heterocycles. The summed E-state index contributed by atoms with van der Waals surface area (Å²) < 4.78 is 50.0. The summed E-state index contributed by atoms with van der Waals surface area (Å²) >= 11 is 0. The quantitative estimate of drug-likeness (QED) is 0.921. The summed E-state index contributed by atoms with van der Waals surface area (Å²) in [5, 5.41) is 2.46. The van der Waals surface area contributed by atoms with E-state index in [4.69, 9.17) is 9.47 Å². The first-order valence-electron chi connectivity index (χ1n) is 5.26. The number of hydrogen-bond donors (Lipinski definition) is 1. The lowest BCUT2D eigenvalue weighted by atomic mass is 10.1. The van der Waals surface area contributed by atoms with Crippen molar-refractivity contribution in [1.29, 1.82) is 0 Å². The normalized spacial score (nSPS) is 18.7. The van der Waals surface area contributed by atoms with Crippen molar-refractivity contribution in [1.82, 2.24) is 5.32 Å².